The van der Waals surface area contributed by atoms with E-state index in [1.165, 1.54) is 0 Å². The number of rotatable bonds is 2. The molecule has 5 heteroatoms. The molecule has 0 aliphatic rings. The fourth-order valence-electron chi connectivity index (χ4n) is 2.10. The van der Waals surface area contributed by atoms with Gasteiger partial charge in [0, 0.05) is 5.56 Å². The number of nitrogens with zero attached hydrogens (tertiary/aromatic N) is 2. The van der Waals surface area contributed by atoms with Crippen molar-refractivity contribution in [3.63, 3.8) is 0 Å². The van der Waals surface area contributed by atoms with Gasteiger partial charge in [-0.25, -0.2) is 4.98 Å². The molecule has 2 aromatic carbocycles. The molecule has 0 unspecified atom stereocenters. The van der Waals surface area contributed by atoms with Gasteiger partial charge in [-0.2, -0.15) is 0 Å². The van der Waals surface area contributed by atoms with Gasteiger partial charge in [0.1, 0.15) is 0 Å². The SMILES string of the molecule is Nc1nc(-c2ccccc2)c(-c2ccccc2)[n+](=O)[nH]1. The van der Waals surface area contributed by atoms with Crippen molar-refractivity contribution >= 4 is 5.95 Å². The Kier molecular flexibility index (Phi) is 3.01. The molecule has 0 radical (unpaired) electrons. The number of hydrogen-bond donors (Lipinski definition) is 2. The molecule has 0 saturated carbocycles. The second-order valence-electron chi connectivity index (χ2n) is 4.33. The molecule has 98 valence electrons. The minimum atomic E-state index is 0.0820. The third-order valence-corrected chi connectivity index (χ3v) is 2.97. The summed E-state index contributed by atoms with van der Waals surface area (Å²) < 4.78 is 0.653. The summed E-state index contributed by atoms with van der Waals surface area (Å²) in [6, 6.07) is 18.9. The number of nitrogens with one attached hydrogen (secondary N) is 1. The molecule has 0 amide bonds. The number of nitrogen functional groups attached to an aromatic ring is 1. The minimum absolute atomic E-state index is 0.0820. The molecule has 0 spiro atoms. The summed E-state index contributed by atoms with van der Waals surface area (Å²) in [5.74, 6) is 0.0820. The first-order valence-electron chi connectivity index (χ1n) is 6.19. The van der Waals surface area contributed by atoms with E-state index in [-0.39, 0.29) is 5.95 Å². The van der Waals surface area contributed by atoms with E-state index in [4.69, 9.17) is 5.73 Å². The summed E-state index contributed by atoms with van der Waals surface area (Å²) in [6.45, 7) is 0. The molecule has 20 heavy (non-hydrogen) atoms. The molecule has 0 aliphatic heterocycles. The van der Waals surface area contributed by atoms with E-state index < -0.39 is 0 Å². The number of hydrogen-bond acceptors (Lipinski definition) is 3. The highest BCUT2D eigenvalue weighted by atomic mass is 16.3. The maximum absolute atomic E-state index is 12.2. The quantitative estimate of drug-likeness (QED) is 0.697. The van der Waals surface area contributed by atoms with E-state index in [0.717, 1.165) is 11.1 Å². The number of nitrogens with two attached hydrogens (primary N) is 1. The largest absolute Gasteiger partial charge is 0.365 e. The van der Waals surface area contributed by atoms with Crippen LogP contribution in [0, 0.1) is 4.91 Å². The first-order valence-corrected chi connectivity index (χ1v) is 6.19. The Balaban J connectivity index is 2.32. The number of aromatic amines is 1. The summed E-state index contributed by atoms with van der Waals surface area (Å²) in [5, 5.41) is 2.48. The van der Waals surface area contributed by atoms with E-state index in [1.54, 1.807) is 0 Å². The maximum atomic E-state index is 12.2. The van der Waals surface area contributed by atoms with Gasteiger partial charge in [0.25, 0.3) is 5.95 Å². The normalized spacial score (nSPS) is 10.4. The average molecular weight is 265 g/mol. The zero-order chi connectivity index (χ0) is 13.9. The van der Waals surface area contributed by atoms with Crippen LogP contribution in [0.4, 0.5) is 5.95 Å². The fourth-order valence-corrected chi connectivity index (χ4v) is 2.10. The maximum Gasteiger partial charge on any atom is 0.325 e. The van der Waals surface area contributed by atoms with Crippen LogP contribution in [0.25, 0.3) is 22.5 Å². The smallest absolute Gasteiger partial charge is 0.325 e. The summed E-state index contributed by atoms with van der Waals surface area (Å²) in [6.07, 6.45) is 0. The van der Waals surface area contributed by atoms with Crippen LogP contribution < -0.4 is 10.3 Å². The Morgan fingerprint density at radius 1 is 0.900 bits per heavy atom. The lowest BCUT2D eigenvalue weighted by molar-refractivity contribution is -0.551. The van der Waals surface area contributed by atoms with Gasteiger partial charge in [-0.05, 0) is 12.1 Å². The zero-order valence-corrected chi connectivity index (χ0v) is 10.7. The van der Waals surface area contributed by atoms with Crippen LogP contribution in [0.2, 0.25) is 0 Å². The highest BCUT2D eigenvalue weighted by Crippen LogP contribution is 2.26. The van der Waals surface area contributed by atoms with Crippen molar-refractivity contribution in [2.24, 2.45) is 0 Å². The minimum Gasteiger partial charge on any atom is -0.365 e. The molecule has 3 aromatic rings. The van der Waals surface area contributed by atoms with Gasteiger partial charge in [-0.1, -0.05) is 53.6 Å². The summed E-state index contributed by atoms with van der Waals surface area (Å²) in [4.78, 5) is 16.5. The van der Waals surface area contributed by atoms with E-state index in [2.05, 4.69) is 10.1 Å². The number of benzene rings is 2. The first kappa shape index (κ1) is 12.1. The summed E-state index contributed by atoms with van der Waals surface area (Å²) in [7, 11) is 0. The molecule has 1 aromatic heterocycles. The summed E-state index contributed by atoms with van der Waals surface area (Å²) in [5.41, 5.74) is 8.29. The monoisotopic (exact) mass is 265 g/mol. The third kappa shape index (κ3) is 2.16. The molecular formula is C15H13N4O+. The molecule has 0 fully saturated rings. The number of anilines is 1. The summed E-state index contributed by atoms with van der Waals surface area (Å²) >= 11 is 0. The lowest BCUT2D eigenvalue weighted by atomic mass is 10.0. The van der Waals surface area contributed by atoms with Crippen molar-refractivity contribution in [1.82, 2.24) is 10.1 Å². The lowest BCUT2D eigenvalue weighted by Gasteiger charge is -2.02. The van der Waals surface area contributed by atoms with E-state index in [0.29, 0.717) is 15.9 Å². The molecule has 3 rings (SSSR count). The van der Waals surface area contributed by atoms with Gasteiger partial charge >= 0.3 is 5.69 Å². The molecule has 0 bridgehead atoms. The molecule has 1 heterocycles. The second-order valence-corrected chi connectivity index (χ2v) is 4.33. The van der Waals surface area contributed by atoms with Gasteiger partial charge in [0.05, 0.1) is 10.5 Å². The van der Waals surface area contributed by atoms with Crippen LogP contribution >= 0.6 is 0 Å². The van der Waals surface area contributed by atoms with Crippen LogP contribution in [0.3, 0.4) is 0 Å². The molecule has 3 N–H and O–H groups in total. The lowest BCUT2D eigenvalue weighted by Crippen LogP contribution is -2.26. The predicted molar refractivity (Wildman–Crippen MR) is 77.2 cm³/mol. The first-order chi connectivity index (χ1) is 9.75. The van der Waals surface area contributed by atoms with Gasteiger partial charge in [0.2, 0.25) is 0 Å². The van der Waals surface area contributed by atoms with E-state index in [9.17, 15) is 4.91 Å². The molecular weight excluding hydrogens is 252 g/mol. The van der Waals surface area contributed by atoms with Gasteiger partial charge < -0.3 is 5.73 Å². The average Bonchev–Trinajstić information content (AvgIpc) is 2.48. The van der Waals surface area contributed by atoms with Gasteiger partial charge in [-0.3, -0.25) is 0 Å². The Hall–Kier alpha value is -2.95. The molecule has 0 atom stereocenters. The Bertz CT molecular complexity index is 782. The number of H-pyrrole nitrogens is 1. The molecule has 5 nitrogen and oxygen atoms in total. The van der Waals surface area contributed by atoms with Crippen molar-refractivity contribution in [3.05, 3.63) is 65.6 Å². The Morgan fingerprint density at radius 3 is 2.05 bits per heavy atom. The van der Waals surface area contributed by atoms with Crippen molar-refractivity contribution < 1.29 is 4.54 Å². The van der Waals surface area contributed by atoms with Crippen LogP contribution in [0.5, 0.6) is 0 Å². The van der Waals surface area contributed by atoms with E-state index in [1.807, 2.05) is 60.7 Å². The van der Waals surface area contributed by atoms with Crippen LogP contribution in [-0.2, 0) is 0 Å². The topological polar surface area (TPSA) is 77.7 Å². The third-order valence-electron chi connectivity index (χ3n) is 2.97. The van der Waals surface area contributed by atoms with Gasteiger partial charge in [-0.15, -0.1) is 0 Å². The molecule has 0 saturated heterocycles. The van der Waals surface area contributed by atoms with Crippen molar-refractivity contribution in [2.45, 2.75) is 0 Å². The van der Waals surface area contributed by atoms with Crippen LogP contribution in [0.15, 0.2) is 60.7 Å². The van der Waals surface area contributed by atoms with Gasteiger partial charge in [0.15, 0.2) is 10.2 Å². The predicted octanol–water partition coefficient (Wildman–Crippen LogP) is 2.24. The van der Waals surface area contributed by atoms with E-state index >= 15 is 0 Å². The van der Waals surface area contributed by atoms with Crippen molar-refractivity contribution in [3.8, 4) is 22.5 Å². The zero-order valence-electron chi connectivity index (χ0n) is 10.7. The Morgan fingerprint density at radius 2 is 1.45 bits per heavy atom. The van der Waals surface area contributed by atoms with Crippen LogP contribution in [0.1, 0.15) is 0 Å². The molecule has 0 aliphatic carbocycles. The highest BCUT2D eigenvalue weighted by molar-refractivity contribution is 5.75. The van der Waals surface area contributed by atoms with Crippen molar-refractivity contribution in [1.29, 1.82) is 0 Å². The fraction of sp³-hybridized carbons (Fsp3) is 0. The standard InChI is InChI=1S/C15H13N4O/c16-15-17-13(11-7-3-1-4-8-11)14(19(20)18-15)12-9-5-2-6-10-12/h1-10H,(H3,16,17,18,20)/q+1. The van der Waals surface area contributed by atoms with Crippen molar-refractivity contribution in [2.75, 3.05) is 5.73 Å². The van der Waals surface area contributed by atoms with Crippen LogP contribution in [-0.4, -0.2) is 10.1 Å². The number of aromatic nitrogens is 3. The Labute approximate surface area is 115 Å². The highest BCUT2D eigenvalue weighted by Gasteiger charge is 2.22. The second kappa shape index (κ2) is 4.97.